The topological polar surface area (TPSA) is 32.3 Å². The minimum atomic E-state index is -0.446. The van der Waals surface area contributed by atoms with Crippen LogP contribution < -0.4 is 5.32 Å². The maximum Gasteiger partial charge on any atom is 0.0772 e. The molecule has 0 radical (unpaired) electrons. The van der Waals surface area contributed by atoms with Gasteiger partial charge in [-0.1, -0.05) is 27.7 Å². The zero-order valence-corrected chi connectivity index (χ0v) is 13.3. The van der Waals surface area contributed by atoms with Gasteiger partial charge in [0.25, 0.3) is 0 Å². The predicted octanol–water partition coefficient (Wildman–Crippen LogP) is 3.73. The van der Waals surface area contributed by atoms with Crippen LogP contribution in [-0.4, -0.2) is 23.3 Å². The van der Waals surface area contributed by atoms with Crippen LogP contribution in [0.15, 0.2) is 0 Å². The Morgan fingerprint density at radius 2 is 1.68 bits per heavy atom. The van der Waals surface area contributed by atoms with Crippen LogP contribution in [0.4, 0.5) is 0 Å². The van der Waals surface area contributed by atoms with E-state index in [1.165, 1.54) is 19.3 Å². The number of hydrogen-bond acceptors (Lipinski definition) is 2. The highest BCUT2D eigenvalue weighted by Crippen LogP contribution is 2.40. The Bertz CT molecular complexity index is 290. The van der Waals surface area contributed by atoms with Gasteiger partial charge in [0.15, 0.2) is 0 Å². The molecule has 0 heterocycles. The summed E-state index contributed by atoms with van der Waals surface area (Å²) in [5.41, 5.74) is -0.0158. The van der Waals surface area contributed by atoms with E-state index in [1.807, 2.05) is 0 Å². The summed E-state index contributed by atoms with van der Waals surface area (Å²) in [5, 5.41) is 14.4. The first-order valence-electron chi connectivity index (χ1n) is 8.25. The van der Waals surface area contributed by atoms with E-state index >= 15 is 0 Å². The van der Waals surface area contributed by atoms with Crippen molar-refractivity contribution in [2.45, 2.75) is 84.3 Å². The average Bonchev–Trinajstić information content (AvgIpc) is 2.33. The number of nitrogens with one attached hydrogen (secondary N) is 1. The zero-order valence-electron chi connectivity index (χ0n) is 13.3. The smallest absolute Gasteiger partial charge is 0.0772 e. The molecule has 0 amide bonds. The Balaban J connectivity index is 1.79. The van der Waals surface area contributed by atoms with Gasteiger partial charge >= 0.3 is 0 Å². The van der Waals surface area contributed by atoms with Crippen LogP contribution in [0, 0.1) is 17.3 Å². The fourth-order valence-corrected chi connectivity index (χ4v) is 3.86. The minimum absolute atomic E-state index is 0.430. The normalized spacial score (nSPS) is 38.1. The SMILES string of the molecule is CC1CCC(NCC2(O)CCC(C)(C)CC2)C(C)C1. The Kier molecular flexibility index (Phi) is 4.62. The molecule has 2 rings (SSSR count). The van der Waals surface area contributed by atoms with Crippen LogP contribution in [0.5, 0.6) is 0 Å². The van der Waals surface area contributed by atoms with Crippen molar-refractivity contribution in [1.82, 2.24) is 5.32 Å². The molecule has 2 fully saturated rings. The summed E-state index contributed by atoms with van der Waals surface area (Å²) < 4.78 is 0. The van der Waals surface area contributed by atoms with Crippen molar-refractivity contribution >= 4 is 0 Å². The van der Waals surface area contributed by atoms with Crippen LogP contribution in [0.1, 0.15) is 72.6 Å². The Hall–Kier alpha value is -0.0800. The van der Waals surface area contributed by atoms with Gasteiger partial charge in [0, 0.05) is 12.6 Å². The van der Waals surface area contributed by atoms with E-state index in [2.05, 4.69) is 33.0 Å². The lowest BCUT2D eigenvalue weighted by Gasteiger charge is -2.42. The van der Waals surface area contributed by atoms with Crippen molar-refractivity contribution < 1.29 is 5.11 Å². The first kappa shape index (κ1) is 15.3. The van der Waals surface area contributed by atoms with Crippen LogP contribution in [0.25, 0.3) is 0 Å². The van der Waals surface area contributed by atoms with Crippen molar-refractivity contribution in [3.05, 3.63) is 0 Å². The lowest BCUT2D eigenvalue weighted by atomic mass is 9.70. The van der Waals surface area contributed by atoms with Gasteiger partial charge < -0.3 is 10.4 Å². The van der Waals surface area contributed by atoms with E-state index < -0.39 is 5.60 Å². The van der Waals surface area contributed by atoms with E-state index in [-0.39, 0.29) is 0 Å². The van der Waals surface area contributed by atoms with Crippen molar-refractivity contribution in [1.29, 1.82) is 0 Å². The van der Waals surface area contributed by atoms with E-state index in [1.54, 1.807) is 0 Å². The lowest BCUT2D eigenvalue weighted by Crippen LogP contribution is -2.50. The van der Waals surface area contributed by atoms with Gasteiger partial charge in [0.05, 0.1) is 5.60 Å². The molecule has 0 bridgehead atoms. The third kappa shape index (κ3) is 4.19. The standard InChI is InChI=1S/C17H33NO/c1-13-5-6-15(14(2)11-13)18-12-17(19)9-7-16(3,4)8-10-17/h13-15,18-19H,5-12H2,1-4H3. The lowest BCUT2D eigenvalue weighted by molar-refractivity contribution is -0.0283. The van der Waals surface area contributed by atoms with Crippen LogP contribution in [-0.2, 0) is 0 Å². The molecule has 2 N–H and O–H groups in total. The van der Waals surface area contributed by atoms with Crippen molar-refractivity contribution in [3.8, 4) is 0 Å². The van der Waals surface area contributed by atoms with E-state index in [0.29, 0.717) is 11.5 Å². The molecule has 3 atom stereocenters. The summed E-state index contributed by atoms with van der Waals surface area (Å²) in [5.74, 6) is 1.64. The molecule has 2 heteroatoms. The Labute approximate surface area is 119 Å². The zero-order chi connectivity index (χ0) is 14.1. The van der Waals surface area contributed by atoms with Crippen LogP contribution >= 0.6 is 0 Å². The number of rotatable bonds is 3. The Morgan fingerprint density at radius 1 is 1.05 bits per heavy atom. The van der Waals surface area contributed by atoms with Gasteiger partial charge in [0.1, 0.15) is 0 Å². The molecule has 2 aliphatic rings. The average molecular weight is 267 g/mol. The largest absolute Gasteiger partial charge is 0.389 e. The van der Waals surface area contributed by atoms with Crippen molar-refractivity contribution in [3.63, 3.8) is 0 Å². The molecule has 112 valence electrons. The van der Waals surface area contributed by atoms with Gasteiger partial charge in [-0.25, -0.2) is 0 Å². The van der Waals surface area contributed by atoms with Gasteiger partial charge in [-0.05, 0) is 62.2 Å². The predicted molar refractivity (Wildman–Crippen MR) is 81.2 cm³/mol. The monoisotopic (exact) mass is 267 g/mol. The highest BCUT2D eigenvalue weighted by atomic mass is 16.3. The quantitative estimate of drug-likeness (QED) is 0.816. The third-order valence-electron chi connectivity index (χ3n) is 5.66. The number of aliphatic hydroxyl groups is 1. The van der Waals surface area contributed by atoms with Gasteiger partial charge in [0.2, 0.25) is 0 Å². The molecule has 2 aliphatic carbocycles. The maximum absolute atomic E-state index is 10.7. The third-order valence-corrected chi connectivity index (χ3v) is 5.66. The molecular formula is C17H33NO. The second-order valence-electron chi connectivity index (χ2n) is 8.27. The summed E-state index contributed by atoms with van der Waals surface area (Å²) in [4.78, 5) is 0. The maximum atomic E-state index is 10.7. The summed E-state index contributed by atoms with van der Waals surface area (Å²) >= 11 is 0. The van der Waals surface area contributed by atoms with Gasteiger partial charge in [-0.15, -0.1) is 0 Å². The molecule has 2 nitrogen and oxygen atoms in total. The molecule has 19 heavy (non-hydrogen) atoms. The van der Waals surface area contributed by atoms with Crippen LogP contribution in [0.3, 0.4) is 0 Å². The molecule has 0 aromatic rings. The summed E-state index contributed by atoms with van der Waals surface area (Å²) in [6.07, 6.45) is 8.19. The molecule has 0 aromatic heterocycles. The van der Waals surface area contributed by atoms with E-state index in [4.69, 9.17) is 0 Å². The highest BCUT2D eigenvalue weighted by Gasteiger charge is 2.37. The summed E-state index contributed by atoms with van der Waals surface area (Å²) in [6, 6.07) is 0.621. The van der Waals surface area contributed by atoms with Gasteiger partial charge in [-0.2, -0.15) is 0 Å². The fraction of sp³-hybridized carbons (Fsp3) is 1.00. The molecule has 0 spiro atoms. The molecular weight excluding hydrogens is 234 g/mol. The molecule has 0 aromatic carbocycles. The molecule has 0 saturated heterocycles. The van der Waals surface area contributed by atoms with Gasteiger partial charge in [-0.3, -0.25) is 0 Å². The van der Waals surface area contributed by atoms with Crippen molar-refractivity contribution in [2.24, 2.45) is 17.3 Å². The van der Waals surface area contributed by atoms with Crippen LogP contribution in [0.2, 0.25) is 0 Å². The second-order valence-corrected chi connectivity index (χ2v) is 8.27. The molecule has 0 aliphatic heterocycles. The Morgan fingerprint density at radius 3 is 2.26 bits per heavy atom. The molecule has 3 unspecified atom stereocenters. The van der Waals surface area contributed by atoms with E-state index in [9.17, 15) is 5.11 Å². The van der Waals surface area contributed by atoms with Crippen molar-refractivity contribution in [2.75, 3.05) is 6.54 Å². The summed E-state index contributed by atoms with van der Waals surface area (Å²) in [7, 11) is 0. The first-order chi connectivity index (χ1) is 8.80. The fourth-order valence-electron chi connectivity index (χ4n) is 3.86. The number of hydrogen-bond donors (Lipinski definition) is 2. The summed E-state index contributed by atoms with van der Waals surface area (Å²) in [6.45, 7) is 10.2. The first-order valence-corrected chi connectivity index (χ1v) is 8.25. The molecule has 2 saturated carbocycles. The second kappa shape index (κ2) is 5.73. The van der Waals surface area contributed by atoms with E-state index in [0.717, 1.165) is 44.1 Å². The highest BCUT2D eigenvalue weighted by molar-refractivity contribution is 4.92. The minimum Gasteiger partial charge on any atom is -0.389 e.